The standard InChI is InChI=1S/C8H17N5/c1-7(10-11-9)8-6-12(2)4-5-13(8)3/h7-8H,4-6H2,1-3H3. The highest BCUT2D eigenvalue weighted by atomic mass is 15.3. The molecular weight excluding hydrogens is 166 g/mol. The molecule has 1 saturated heterocycles. The van der Waals surface area contributed by atoms with Crippen LogP contribution in [0.2, 0.25) is 0 Å². The minimum Gasteiger partial charge on any atom is -0.304 e. The molecule has 1 aliphatic heterocycles. The summed E-state index contributed by atoms with van der Waals surface area (Å²) in [7, 11) is 4.18. The van der Waals surface area contributed by atoms with Crippen LogP contribution in [-0.2, 0) is 0 Å². The maximum atomic E-state index is 8.35. The second-order valence-corrected chi connectivity index (χ2v) is 3.76. The van der Waals surface area contributed by atoms with Crippen molar-refractivity contribution in [2.45, 2.75) is 19.0 Å². The van der Waals surface area contributed by atoms with Gasteiger partial charge in [-0.1, -0.05) is 12.0 Å². The molecule has 5 heteroatoms. The molecule has 2 atom stereocenters. The fraction of sp³-hybridized carbons (Fsp3) is 1.00. The van der Waals surface area contributed by atoms with E-state index in [0.29, 0.717) is 6.04 Å². The minimum absolute atomic E-state index is 0.0535. The molecule has 0 radical (unpaired) electrons. The summed E-state index contributed by atoms with van der Waals surface area (Å²) in [6, 6.07) is 0.410. The number of hydrogen-bond donors (Lipinski definition) is 0. The molecule has 0 amide bonds. The number of hydrogen-bond acceptors (Lipinski definition) is 3. The highest BCUT2D eigenvalue weighted by Crippen LogP contribution is 2.12. The third-order valence-corrected chi connectivity index (χ3v) is 2.69. The van der Waals surface area contributed by atoms with Crippen LogP contribution in [0.5, 0.6) is 0 Å². The summed E-state index contributed by atoms with van der Waals surface area (Å²) in [5.41, 5.74) is 8.35. The molecule has 0 aromatic heterocycles. The van der Waals surface area contributed by atoms with E-state index in [1.54, 1.807) is 0 Å². The van der Waals surface area contributed by atoms with Crippen molar-refractivity contribution in [3.63, 3.8) is 0 Å². The molecule has 13 heavy (non-hydrogen) atoms. The molecule has 1 aliphatic rings. The van der Waals surface area contributed by atoms with Crippen molar-refractivity contribution in [2.75, 3.05) is 33.7 Å². The van der Waals surface area contributed by atoms with Gasteiger partial charge in [-0.05, 0) is 19.6 Å². The molecule has 1 rings (SSSR count). The third-order valence-electron chi connectivity index (χ3n) is 2.69. The van der Waals surface area contributed by atoms with Gasteiger partial charge in [-0.3, -0.25) is 0 Å². The largest absolute Gasteiger partial charge is 0.304 e. The maximum Gasteiger partial charge on any atom is 0.0513 e. The van der Waals surface area contributed by atoms with Crippen molar-refractivity contribution < 1.29 is 0 Å². The molecule has 5 nitrogen and oxygen atoms in total. The van der Waals surface area contributed by atoms with Gasteiger partial charge in [0.25, 0.3) is 0 Å². The van der Waals surface area contributed by atoms with E-state index in [0.717, 1.165) is 19.6 Å². The van der Waals surface area contributed by atoms with Gasteiger partial charge in [0.1, 0.15) is 0 Å². The lowest BCUT2D eigenvalue weighted by atomic mass is 10.1. The van der Waals surface area contributed by atoms with Gasteiger partial charge in [0.2, 0.25) is 0 Å². The lowest BCUT2D eigenvalue weighted by Crippen LogP contribution is -2.53. The first-order valence-electron chi connectivity index (χ1n) is 4.58. The van der Waals surface area contributed by atoms with Crippen molar-refractivity contribution in [1.29, 1.82) is 0 Å². The summed E-state index contributed by atoms with van der Waals surface area (Å²) in [5, 5.41) is 3.75. The Kier molecular flexibility index (Phi) is 3.54. The van der Waals surface area contributed by atoms with E-state index in [4.69, 9.17) is 5.53 Å². The summed E-state index contributed by atoms with van der Waals surface area (Å²) in [6.45, 7) is 5.10. The first-order chi connectivity index (χ1) is 6.15. The molecule has 1 heterocycles. The van der Waals surface area contributed by atoms with Gasteiger partial charge in [-0.25, -0.2) is 0 Å². The smallest absolute Gasteiger partial charge is 0.0513 e. The average Bonchev–Trinajstić information content (AvgIpc) is 2.09. The van der Waals surface area contributed by atoms with Gasteiger partial charge >= 0.3 is 0 Å². The molecule has 1 fully saturated rings. The Morgan fingerprint density at radius 2 is 2.15 bits per heavy atom. The van der Waals surface area contributed by atoms with E-state index in [1.807, 2.05) is 6.92 Å². The van der Waals surface area contributed by atoms with Crippen molar-refractivity contribution in [3.05, 3.63) is 10.4 Å². The van der Waals surface area contributed by atoms with Gasteiger partial charge < -0.3 is 9.80 Å². The molecule has 0 N–H and O–H groups in total. The minimum atomic E-state index is 0.0535. The first-order valence-corrected chi connectivity index (χ1v) is 4.58. The van der Waals surface area contributed by atoms with Crippen LogP contribution in [0.25, 0.3) is 10.4 Å². The van der Waals surface area contributed by atoms with Crippen LogP contribution >= 0.6 is 0 Å². The van der Waals surface area contributed by atoms with Crippen LogP contribution in [-0.4, -0.2) is 55.6 Å². The van der Waals surface area contributed by atoms with Gasteiger partial charge in [0.15, 0.2) is 0 Å². The Hall–Kier alpha value is -0.770. The average molecular weight is 183 g/mol. The Bertz CT molecular complexity index is 211. The van der Waals surface area contributed by atoms with Crippen LogP contribution in [0.4, 0.5) is 0 Å². The number of rotatable bonds is 2. The monoisotopic (exact) mass is 183 g/mol. The highest BCUT2D eigenvalue weighted by molar-refractivity contribution is 4.86. The molecule has 0 bridgehead atoms. The Labute approximate surface area is 78.9 Å². The Morgan fingerprint density at radius 1 is 1.46 bits per heavy atom. The van der Waals surface area contributed by atoms with E-state index in [2.05, 4.69) is 33.9 Å². The molecule has 0 saturated carbocycles. The summed E-state index contributed by atoms with van der Waals surface area (Å²) in [4.78, 5) is 7.39. The van der Waals surface area contributed by atoms with Gasteiger partial charge in [0.05, 0.1) is 6.04 Å². The molecule has 0 aromatic rings. The highest BCUT2D eigenvalue weighted by Gasteiger charge is 2.26. The Morgan fingerprint density at radius 3 is 2.77 bits per heavy atom. The predicted octanol–water partition coefficient (Wildman–Crippen LogP) is 0.931. The van der Waals surface area contributed by atoms with E-state index in [9.17, 15) is 0 Å². The molecule has 74 valence electrons. The fourth-order valence-corrected chi connectivity index (χ4v) is 1.72. The maximum absolute atomic E-state index is 8.35. The molecule has 0 spiro atoms. The molecule has 2 unspecified atom stereocenters. The van der Waals surface area contributed by atoms with E-state index >= 15 is 0 Å². The zero-order valence-electron chi connectivity index (χ0n) is 8.51. The Balaban J connectivity index is 2.59. The molecule has 0 aromatic carbocycles. The topological polar surface area (TPSA) is 55.2 Å². The van der Waals surface area contributed by atoms with Crippen LogP contribution in [0.15, 0.2) is 5.11 Å². The lowest BCUT2D eigenvalue weighted by molar-refractivity contribution is 0.101. The van der Waals surface area contributed by atoms with Crippen LogP contribution in [0, 0.1) is 0 Å². The van der Waals surface area contributed by atoms with Crippen LogP contribution in [0.3, 0.4) is 0 Å². The summed E-state index contributed by atoms with van der Waals surface area (Å²) in [6.07, 6.45) is 0. The third kappa shape index (κ3) is 2.59. The van der Waals surface area contributed by atoms with Crippen LogP contribution < -0.4 is 0 Å². The molecule has 0 aliphatic carbocycles. The summed E-state index contributed by atoms with van der Waals surface area (Å²) >= 11 is 0. The normalized spacial score (nSPS) is 28.1. The number of piperazine rings is 1. The van der Waals surface area contributed by atoms with Crippen molar-refractivity contribution in [2.24, 2.45) is 5.11 Å². The number of azide groups is 1. The van der Waals surface area contributed by atoms with E-state index in [-0.39, 0.29) is 6.04 Å². The first kappa shape index (κ1) is 10.3. The van der Waals surface area contributed by atoms with Crippen LogP contribution in [0.1, 0.15) is 6.92 Å². The predicted molar refractivity (Wildman–Crippen MR) is 52.5 cm³/mol. The quantitative estimate of drug-likeness (QED) is 0.363. The number of likely N-dealkylation sites (N-methyl/N-ethyl adjacent to an activating group) is 2. The van der Waals surface area contributed by atoms with Gasteiger partial charge in [-0.15, -0.1) is 0 Å². The zero-order chi connectivity index (χ0) is 9.84. The van der Waals surface area contributed by atoms with E-state index < -0.39 is 0 Å². The van der Waals surface area contributed by atoms with Gasteiger partial charge in [0, 0.05) is 30.6 Å². The lowest BCUT2D eigenvalue weighted by Gasteiger charge is -2.39. The number of nitrogens with zero attached hydrogens (tertiary/aromatic N) is 5. The van der Waals surface area contributed by atoms with Gasteiger partial charge in [-0.2, -0.15) is 0 Å². The fourth-order valence-electron chi connectivity index (χ4n) is 1.72. The second kappa shape index (κ2) is 4.46. The molecular formula is C8H17N5. The van der Waals surface area contributed by atoms with Crippen molar-refractivity contribution in [1.82, 2.24) is 9.80 Å². The van der Waals surface area contributed by atoms with Crippen molar-refractivity contribution in [3.8, 4) is 0 Å². The SMILES string of the molecule is CC(N=[N+]=[N-])C1CN(C)CCN1C. The second-order valence-electron chi connectivity index (χ2n) is 3.76. The van der Waals surface area contributed by atoms with E-state index in [1.165, 1.54) is 0 Å². The summed E-state index contributed by atoms with van der Waals surface area (Å²) < 4.78 is 0. The van der Waals surface area contributed by atoms with Crippen molar-refractivity contribution >= 4 is 0 Å². The summed E-state index contributed by atoms with van der Waals surface area (Å²) in [5.74, 6) is 0. The zero-order valence-corrected chi connectivity index (χ0v) is 8.51.